The van der Waals surface area contributed by atoms with Crippen molar-refractivity contribution in [2.24, 2.45) is 0 Å². The number of ether oxygens (including phenoxy) is 1. The first-order valence-electron chi connectivity index (χ1n) is 11.4. The molecule has 2 N–H and O–H groups in total. The molecule has 0 saturated carbocycles. The third-order valence-corrected chi connectivity index (χ3v) is 5.54. The van der Waals surface area contributed by atoms with Crippen LogP contribution in [0.5, 0.6) is 0 Å². The standard InChI is InChI=1S/C24H37N3O5/c1-5-27(19-13-15-26(16-14-19)17-18-9-7-6-8-10-18)21(28)12-11-20(22(29)30)25-23(31)32-24(2,3)4/h6-10,19-20H,5,11-17H2,1-4H3,(H,25,31)(H,29,30). The number of piperidine rings is 1. The number of hydrogen-bond donors (Lipinski definition) is 2. The lowest BCUT2D eigenvalue weighted by Gasteiger charge is -2.38. The summed E-state index contributed by atoms with van der Waals surface area (Å²) in [4.78, 5) is 40.6. The molecule has 2 rings (SSSR count). The van der Waals surface area contributed by atoms with Crippen LogP contribution >= 0.6 is 0 Å². The smallest absolute Gasteiger partial charge is 0.408 e. The molecule has 0 spiro atoms. The van der Waals surface area contributed by atoms with Crippen LogP contribution < -0.4 is 5.32 Å². The maximum absolute atomic E-state index is 12.9. The molecule has 0 aliphatic carbocycles. The summed E-state index contributed by atoms with van der Waals surface area (Å²) in [7, 11) is 0. The first-order chi connectivity index (χ1) is 15.1. The van der Waals surface area contributed by atoms with E-state index in [4.69, 9.17) is 4.74 Å². The van der Waals surface area contributed by atoms with Crippen molar-refractivity contribution in [1.82, 2.24) is 15.1 Å². The van der Waals surface area contributed by atoms with E-state index in [0.29, 0.717) is 6.54 Å². The largest absolute Gasteiger partial charge is 0.480 e. The third-order valence-electron chi connectivity index (χ3n) is 5.54. The zero-order valence-electron chi connectivity index (χ0n) is 19.7. The molecule has 0 aromatic heterocycles. The number of amides is 2. The van der Waals surface area contributed by atoms with Crippen LogP contribution in [-0.4, -0.2) is 70.2 Å². The van der Waals surface area contributed by atoms with Gasteiger partial charge in [-0.3, -0.25) is 9.69 Å². The number of likely N-dealkylation sites (tertiary alicyclic amines) is 1. The predicted octanol–water partition coefficient (Wildman–Crippen LogP) is 3.26. The lowest BCUT2D eigenvalue weighted by Crippen LogP contribution is -2.48. The topological polar surface area (TPSA) is 99.2 Å². The van der Waals surface area contributed by atoms with Crippen molar-refractivity contribution in [3.05, 3.63) is 35.9 Å². The number of nitrogens with one attached hydrogen (secondary N) is 1. The van der Waals surface area contributed by atoms with Gasteiger partial charge in [0.2, 0.25) is 5.91 Å². The van der Waals surface area contributed by atoms with Crippen LogP contribution in [0.3, 0.4) is 0 Å². The summed E-state index contributed by atoms with van der Waals surface area (Å²) in [5.41, 5.74) is 0.559. The average molecular weight is 448 g/mol. The molecule has 1 aliphatic rings. The molecule has 0 radical (unpaired) electrons. The number of hydrogen-bond acceptors (Lipinski definition) is 5. The fourth-order valence-corrected chi connectivity index (χ4v) is 3.99. The molecule has 1 aromatic rings. The molecule has 8 heteroatoms. The van der Waals surface area contributed by atoms with Crippen molar-refractivity contribution in [3.8, 4) is 0 Å². The number of carboxylic acid groups (broad SMARTS) is 1. The predicted molar refractivity (Wildman–Crippen MR) is 122 cm³/mol. The van der Waals surface area contributed by atoms with Crippen LogP contribution in [0.2, 0.25) is 0 Å². The lowest BCUT2D eigenvalue weighted by atomic mass is 10.0. The second kappa shape index (κ2) is 11.9. The van der Waals surface area contributed by atoms with Crippen LogP contribution in [-0.2, 0) is 20.9 Å². The molecule has 0 bridgehead atoms. The molecule has 1 saturated heterocycles. The third kappa shape index (κ3) is 8.49. The Kier molecular flexibility index (Phi) is 9.50. The zero-order chi connectivity index (χ0) is 23.7. The quantitative estimate of drug-likeness (QED) is 0.603. The van der Waals surface area contributed by atoms with Crippen LogP contribution in [0.1, 0.15) is 58.9 Å². The van der Waals surface area contributed by atoms with E-state index in [2.05, 4.69) is 22.3 Å². The van der Waals surface area contributed by atoms with E-state index in [0.717, 1.165) is 32.5 Å². The molecule has 32 heavy (non-hydrogen) atoms. The molecular formula is C24H37N3O5. The van der Waals surface area contributed by atoms with E-state index in [1.807, 2.05) is 30.0 Å². The van der Waals surface area contributed by atoms with Crippen LogP contribution in [0.25, 0.3) is 0 Å². The second-order valence-corrected chi connectivity index (χ2v) is 9.25. The number of carbonyl (C=O) groups excluding carboxylic acids is 2. The fraction of sp³-hybridized carbons (Fsp3) is 0.625. The summed E-state index contributed by atoms with van der Waals surface area (Å²) in [5, 5.41) is 11.8. The summed E-state index contributed by atoms with van der Waals surface area (Å²) < 4.78 is 5.13. The summed E-state index contributed by atoms with van der Waals surface area (Å²) in [5.74, 6) is -1.26. The monoisotopic (exact) mass is 447 g/mol. The van der Waals surface area contributed by atoms with Crippen molar-refractivity contribution < 1.29 is 24.2 Å². The molecule has 1 heterocycles. The van der Waals surface area contributed by atoms with E-state index in [-0.39, 0.29) is 24.8 Å². The number of alkyl carbamates (subject to hydrolysis) is 1. The van der Waals surface area contributed by atoms with Gasteiger partial charge in [-0.1, -0.05) is 30.3 Å². The molecular weight excluding hydrogens is 410 g/mol. The molecule has 1 fully saturated rings. The summed E-state index contributed by atoms with van der Waals surface area (Å²) in [6.45, 7) is 10.4. The lowest BCUT2D eigenvalue weighted by molar-refractivity contribution is -0.140. The fourth-order valence-electron chi connectivity index (χ4n) is 3.99. The van der Waals surface area contributed by atoms with Gasteiger partial charge in [0.05, 0.1) is 0 Å². The van der Waals surface area contributed by atoms with Crippen molar-refractivity contribution in [2.75, 3.05) is 19.6 Å². The van der Waals surface area contributed by atoms with Crippen LogP contribution in [0.4, 0.5) is 4.79 Å². The first kappa shape index (κ1) is 25.6. The molecule has 1 unspecified atom stereocenters. The maximum atomic E-state index is 12.9. The molecule has 1 atom stereocenters. The highest BCUT2D eigenvalue weighted by molar-refractivity contribution is 5.82. The van der Waals surface area contributed by atoms with Gasteiger partial charge in [-0.05, 0) is 52.5 Å². The Bertz CT molecular complexity index is 755. The molecule has 8 nitrogen and oxygen atoms in total. The van der Waals surface area contributed by atoms with E-state index < -0.39 is 23.7 Å². The minimum atomic E-state index is -1.18. The highest BCUT2D eigenvalue weighted by atomic mass is 16.6. The van der Waals surface area contributed by atoms with Gasteiger partial charge in [-0.2, -0.15) is 0 Å². The minimum absolute atomic E-state index is 0.0246. The number of carboxylic acids is 1. The van der Waals surface area contributed by atoms with Crippen molar-refractivity contribution in [3.63, 3.8) is 0 Å². The van der Waals surface area contributed by atoms with Gasteiger partial charge >= 0.3 is 12.1 Å². The summed E-state index contributed by atoms with van der Waals surface area (Å²) in [6.07, 6.45) is 1.08. The number of rotatable bonds is 9. The second-order valence-electron chi connectivity index (χ2n) is 9.25. The molecule has 1 aliphatic heterocycles. The maximum Gasteiger partial charge on any atom is 0.408 e. The zero-order valence-corrected chi connectivity index (χ0v) is 19.7. The Labute approximate surface area is 190 Å². The van der Waals surface area contributed by atoms with Gasteiger partial charge in [0, 0.05) is 38.6 Å². The Hall–Kier alpha value is -2.61. The summed E-state index contributed by atoms with van der Waals surface area (Å²) in [6, 6.07) is 9.33. The average Bonchev–Trinajstić information content (AvgIpc) is 2.72. The molecule has 2 amide bonds. The SMILES string of the molecule is CCN(C(=O)CCC(NC(=O)OC(C)(C)C)C(=O)O)C1CCN(Cc2ccccc2)CC1. The first-order valence-corrected chi connectivity index (χ1v) is 11.4. The van der Waals surface area contributed by atoms with Gasteiger partial charge in [0.1, 0.15) is 11.6 Å². The van der Waals surface area contributed by atoms with Gasteiger partial charge in [-0.25, -0.2) is 9.59 Å². The number of aliphatic carboxylic acids is 1. The highest BCUT2D eigenvalue weighted by Crippen LogP contribution is 2.20. The summed E-state index contributed by atoms with van der Waals surface area (Å²) >= 11 is 0. The highest BCUT2D eigenvalue weighted by Gasteiger charge is 2.29. The number of nitrogens with zero attached hydrogens (tertiary/aromatic N) is 2. The normalized spacial score (nSPS) is 16.2. The van der Waals surface area contributed by atoms with E-state index in [1.54, 1.807) is 20.8 Å². The van der Waals surface area contributed by atoms with Gasteiger partial charge in [0.25, 0.3) is 0 Å². The van der Waals surface area contributed by atoms with Gasteiger partial charge in [0.15, 0.2) is 0 Å². The Morgan fingerprint density at radius 2 is 1.81 bits per heavy atom. The Morgan fingerprint density at radius 3 is 2.34 bits per heavy atom. The van der Waals surface area contributed by atoms with E-state index in [9.17, 15) is 19.5 Å². The molecule has 1 aromatic carbocycles. The number of benzene rings is 1. The van der Waals surface area contributed by atoms with Crippen LogP contribution in [0.15, 0.2) is 30.3 Å². The van der Waals surface area contributed by atoms with E-state index in [1.165, 1.54) is 5.56 Å². The van der Waals surface area contributed by atoms with Crippen molar-refractivity contribution in [1.29, 1.82) is 0 Å². The Morgan fingerprint density at radius 1 is 1.19 bits per heavy atom. The van der Waals surface area contributed by atoms with Crippen LogP contribution in [0, 0.1) is 0 Å². The van der Waals surface area contributed by atoms with Crippen molar-refractivity contribution >= 4 is 18.0 Å². The van der Waals surface area contributed by atoms with Gasteiger partial charge < -0.3 is 20.1 Å². The van der Waals surface area contributed by atoms with E-state index >= 15 is 0 Å². The number of carbonyl (C=O) groups is 3. The van der Waals surface area contributed by atoms with Gasteiger partial charge in [-0.15, -0.1) is 0 Å². The Balaban J connectivity index is 1.83. The van der Waals surface area contributed by atoms with Crippen molar-refractivity contribution in [2.45, 2.75) is 77.6 Å². The minimum Gasteiger partial charge on any atom is -0.480 e. The molecule has 178 valence electrons.